The summed E-state index contributed by atoms with van der Waals surface area (Å²) in [6, 6.07) is 0. The Hall–Kier alpha value is 0.246. The zero-order chi connectivity index (χ0) is 12.9. The number of rotatable bonds is 7. The molecule has 3 N–H and O–H groups in total. The van der Waals surface area contributed by atoms with Gasteiger partial charge in [-0.3, -0.25) is 14.4 Å². The van der Waals surface area contributed by atoms with Crippen LogP contribution in [-0.2, 0) is 19.2 Å². The summed E-state index contributed by atoms with van der Waals surface area (Å²) >= 11 is 0. The van der Waals surface area contributed by atoms with Crippen molar-refractivity contribution in [3.8, 4) is 0 Å². The molecule has 10 nitrogen and oxygen atoms in total. The third kappa shape index (κ3) is 8.37. The molecule has 0 aromatic rings. The van der Waals surface area contributed by atoms with E-state index in [4.69, 9.17) is 15.3 Å². The topological polar surface area (TPSA) is 164 Å². The van der Waals surface area contributed by atoms with Gasteiger partial charge in [0, 0.05) is 0 Å². The van der Waals surface area contributed by atoms with Crippen LogP contribution >= 0.6 is 0 Å². The molecule has 0 bridgehead atoms. The van der Waals surface area contributed by atoms with Crippen molar-refractivity contribution in [3.63, 3.8) is 0 Å². The SMILES string of the molecule is O=C(O)CC(CC(=O)O)(O[N+](=O)[O-])C(=O)O.[KH].[NaH]. The summed E-state index contributed by atoms with van der Waals surface area (Å²) < 4.78 is 0. The molecule has 0 aromatic heterocycles. The second-order valence-electron chi connectivity index (χ2n) is 2.76. The molecule has 12 heteroatoms. The molecule has 0 radical (unpaired) electrons. The van der Waals surface area contributed by atoms with Gasteiger partial charge in [-0.05, 0) is 0 Å². The molecule has 0 unspecified atom stereocenters. The fourth-order valence-electron chi connectivity index (χ4n) is 0.949. The van der Waals surface area contributed by atoms with Crippen LogP contribution in [0.2, 0.25) is 0 Å². The van der Waals surface area contributed by atoms with Gasteiger partial charge in [-0.2, -0.15) is 0 Å². The molecule has 0 atom stereocenters. The van der Waals surface area contributed by atoms with Crippen molar-refractivity contribution in [2.75, 3.05) is 0 Å². The third-order valence-electron chi connectivity index (χ3n) is 1.51. The Balaban J connectivity index is -0.00000112. The minimum absolute atomic E-state index is 0. The van der Waals surface area contributed by atoms with E-state index in [-0.39, 0.29) is 80.9 Å². The number of hydrogen-bond acceptors (Lipinski definition) is 6. The summed E-state index contributed by atoms with van der Waals surface area (Å²) in [6.07, 6.45) is -2.68. The van der Waals surface area contributed by atoms with Crippen LogP contribution in [0.4, 0.5) is 0 Å². The zero-order valence-electron chi connectivity index (χ0n) is 7.65. The van der Waals surface area contributed by atoms with Crippen molar-refractivity contribution in [2.24, 2.45) is 0 Å². The molecule has 0 aliphatic heterocycles. The number of carboxylic acid groups (broad SMARTS) is 3. The van der Waals surface area contributed by atoms with E-state index in [1.165, 1.54) is 0 Å². The van der Waals surface area contributed by atoms with E-state index in [0.29, 0.717) is 0 Å². The molecule has 0 aliphatic carbocycles. The summed E-state index contributed by atoms with van der Waals surface area (Å²) in [5.41, 5.74) is -2.92. The fraction of sp³-hybridized carbons (Fsp3) is 0.500. The van der Waals surface area contributed by atoms with Crippen LogP contribution in [0.3, 0.4) is 0 Å². The average Bonchev–Trinajstić information content (AvgIpc) is 1.98. The van der Waals surface area contributed by atoms with Gasteiger partial charge in [0.05, 0.1) is 12.8 Å². The Morgan fingerprint density at radius 1 is 1.11 bits per heavy atom. The molecule has 0 amide bonds. The first-order chi connectivity index (χ1) is 7.19. The molecule has 0 heterocycles. The van der Waals surface area contributed by atoms with Gasteiger partial charge in [0.25, 0.3) is 5.09 Å². The quantitative estimate of drug-likeness (QED) is 0.265. The van der Waals surface area contributed by atoms with Gasteiger partial charge in [-0.25, -0.2) is 4.79 Å². The summed E-state index contributed by atoms with van der Waals surface area (Å²) in [5, 5.41) is 33.8. The van der Waals surface area contributed by atoms with Crippen molar-refractivity contribution in [1.82, 2.24) is 0 Å². The second kappa shape index (κ2) is 10.1. The molecular formula is C6H9KNNaO9. The molecule has 0 aliphatic rings. The van der Waals surface area contributed by atoms with Crippen LogP contribution in [0.15, 0.2) is 0 Å². The molecule has 0 fully saturated rings. The van der Waals surface area contributed by atoms with Crippen LogP contribution in [0.1, 0.15) is 12.8 Å². The van der Waals surface area contributed by atoms with Crippen molar-refractivity contribution >= 4 is 98.8 Å². The summed E-state index contributed by atoms with van der Waals surface area (Å²) in [5.74, 6) is -5.50. The van der Waals surface area contributed by atoms with E-state index in [1.807, 2.05) is 0 Å². The predicted molar refractivity (Wildman–Crippen MR) is 57.2 cm³/mol. The minimum atomic E-state index is -2.92. The molecule has 0 rings (SSSR count). The Morgan fingerprint density at radius 2 is 1.44 bits per heavy atom. The molecule has 0 saturated carbocycles. The van der Waals surface area contributed by atoms with Crippen molar-refractivity contribution in [1.29, 1.82) is 0 Å². The maximum atomic E-state index is 10.7. The van der Waals surface area contributed by atoms with E-state index in [1.54, 1.807) is 0 Å². The van der Waals surface area contributed by atoms with Gasteiger partial charge in [0.15, 0.2) is 0 Å². The third-order valence-corrected chi connectivity index (χ3v) is 1.51. The fourth-order valence-corrected chi connectivity index (χ4v) is 0.949. The standard InChI is InChI=1S/C6H7NO9.K.Na.2H/c8-3(9)1-6(5(12)13,2-4(10)11)16-7(14)15;;;;/h1-2H2,(H,8,9)(H,10,11)(H,12,13);;;;. The van der Waals surface area contributed by atoms with E-state index in [0.717, 1.165) is 0 Å². The van der Waals surface area contributed by atoms with E-state index >= 15 is 0 Å². The van der Waals surface area contributed by atoms with Gasteiger partial charge in [-0.15, -0.1) is 10.1 Å². The summed E-state index contributed by atoms with van der Waals surface area (Å²) in [6.45, 7) is 0. The van der Waals surface area contributed by atoms with E-state index < -0.39 is 41.4 Å². The number of carbonyl (C=O) groups is 3. The maximum absolute atomic E-state index is 10.7. The monoisotopic (exact) mass is 301 g/mol. The second-order valence-corrected chi connectivity index (χ2v) is 2.76. The van der Waals surface area contributed by atoms with Crippen LogP contribution in [0.25, 0.3) is 0 Å². The van der Waals surface area contributed by atoms with Crippen molar-refractivity contribution in [2.45, 2.75) is 18.4 Å². The van der Waals surface area contributed by atoms with Gasteiger partial charge in [-0.1, -0.05) is 0 Å². The van der Waals surface area contributed by atoms with Gasteiger partial charge in [0.1, 0.15) is 0 Å². The molecular weight excluding hydrogens is 292 g/mol. The first-order valence-electron chi connectivity index (χ1n) is 3.70. The van der Waals surface area contributed by atoms with Gasteiger partial charge >= 0.3 is 98.8 Å². The predicted octanol–water partition coefficient (Wildman–Crippen LogP) is -2.33. The molecule has 0 saturated heterocycles. The zero-order valence-corrected chi connectivity index (χ0v) is 7.65. The van der Waals surface area contributed by atoms with Crippen molar-refractivity contribution < 1.29 is 39.6 Å². The Kier molecular flexibility index (Phi) is 13.1. The Morgan fingerprint density at radius 3 is 1.61 bits per heavy atom. The van der Waals surface area contributed by atoms with Gasteiger partial charge in [0.2, 0.25) is 5.60 Å². The Bertz CT molecular complexity index is 305. The van der Waals surface area contributed by atoms with Crippen LogP contribution in [-0.4, -0.2) is 125 Å². The molecule has 0 spiro atoms. The molecule has 0 aromatic carbocycles. The van der Waals surface area contributed by atoms with Crippen molar-refractivity contribution in [3.05, 3.63) is 10.1 Å². The average molecular weight is 301 g/mol. The number of carboxylic acids is 3. The normalized spacial score (nSPS) is 9.33. The van der Waals surface area contributed by atoms with E-state index in [9.17, 15) is 24.5 Å². The first kappa shape index (κ1) is 23.3. The molecule has 94 valence electrons. The van der Waals surface area contributed by atoms with Crippen LogP contribution in [0, 0.1) is 10.1 Å². The van der Waals surface area contributed by atoms with E-state index in [2.05, 4.69) is 4.84 Å². The van der Waals surface area contributed by atoms with Crippen LogP contribution in [0.5, 0.6) is 0 Å². The summed E-state index contributed by atoms with van der Waals surface area (Å²) in [4.78, 5) is 45.0. The molecule has 18 heavy (non-hydrogen) atoms. The summed E-state index contributed by atoms with van der Waals surface area (Å²) in [7, 11) is 0. The van der Waals surface area contributed by atoms with Gasteiger partial charge < -0.3 is 15.3 Å². The number of nitrogens with zero attached hydrogens (tertiary/aromatic N) is 1. The number of aliphatic carboxylic acids is 3. The Labute approximate surface area is 164 Å². The van der Waals surface area contributed by atoms with Crippen LogP contribution < -0.4 is 0 Å². The first-order valence-corrected chi connectivity index (χ1v) is 3.70. The number of hydrogen-bond donors (Lipinski definition) is 3.